The molecule has 8 heteroatoms. The molecule has 0 atom stereocenters. The molecule has 0 fully saturated rings. The van der Waals surface area contributed by atoms with Crippen LogP contribution in [0.1, 0.15) is 0 Å². The van der Waals surface area contributed by atoms with Gasteiger partial charge in [0.25, 0.3) is 0 Å². The minimum absolute atomic E-state index is 0.0267. The number of nitrogens with two attached hydrogens (primary N) is 3. The molecule has 0 amide bonds. The van der Waals surface area contributed by atoms with Gasteiger partial charge in [-0.25, -0.2) is 9.97 Å². The highest BCUT2D eigenvalue weighted by molar-refractivity contribution is 5.87. The Hall–Kier alpha value is -3.94. The molecule has 0 unspecified atom stereocenters. The molecule has 2 aromatic heterocycles. The van der Waals surface area contributed by atoms with Crippen LogP contribution in [-0.4, -0.2) is 19.9 Å². The number of benzene rings is 2. The average Bonchev–Trinajstić information content (AvgIpc) is 2.63. The number of hydrogen-bond acceptors (Lipinski definition) is 8. The first-order valence-electron chi connectivity index (χ1n) is 7.80. The van der Waals surface area contributed by atoms with Gasteiger partial charge in [0.05, 0.1) is 0 Å². The molecule has 2 heterocycles. The molecule has 0 saturated heterocycles. The fourth-order valence-corrected chi connectivity index (χ4v) is 2.52. The average molecular weight is 345 g/mol. The van der Waals surface area contributed by atoms with E-state index in [1.54, 1.807) is 0 Å². The number of ether oxygens (including phenoxy) is 1. The van der Waals surface area contributed by atoms with E-state index in [0.29, 0.717) is 17.0 Å². The molecule has 0 bridgehead atoms. The Kier molecular flexibility index (Phi) is 3.70. The molecule has 4 rings (SSSR count). The summed E-state index contributed by atoms with van der Waals surface area (Å²) in [7, 11) is 0. The van der Waals surface area contributed by atoms with Gasteiger partial charge in [-0.3, -0.25) is 0 Å². The zero-order valence-corrected chi connectivity index (χ0v) is 13.6. The number of nitrogen functional groups attached to an aromatic ring is 3. The summed E-state index contributed by atoms with van der Waals surface area (Å²) >= 11 is 0. The number of fused-ring (bicyclic) bond motifs is 1. The molecule has 0 spiro atoms. The third-order valence-electron chi connectivity index (χ3n) is 3.71. The van der Waals surface area contributed by atoms with Gasteiger partial charge in [-0.2, -0.15) is 9.97 Å². The summed E-state index contributed by atoms with van der Waals surface area (Å²) in [5.74, 6) is 1.87. The van der Waals surface area contributed by atoms with E-state index in [1.165, 1.54) is 0 Å². The summed E-state index contributed by atoms with van der Waals surface area (Å²) < 4.78 is 5.78. The van der Waals surface area contributed by atoms with Crippen molar-refractivity contribution in [1.29, 1.82) is 0 Å². The monoisotopic (exact) mass is 345 g/mol. The maximum atomic E-state index is 6.03. The summed E-state index contributed by atoms with van der Waals surface area (Å²) in [5, 5.41) is 0. The molecule has 0 saturated carbocycles. The molecule has 0 aliphatic carbocycles. The fraction of sp³-hybridized carbons (Fsp3) is 0. The SMILES string of the molecule is Nc1nc(N)c2nc(-c3ccc(Oc4ccccc4)cc3)c(N)nc2n1. The van der Waals surface area contributed by atoms with E-state index in [1.807, 2.05) is 54.6 Å². The van der Waals surface area contributed by atoms with Gasteiger partial charge >= 0.3 is 0 Å². The predicted octanol–water partition coefficient (Wildman–Crippen LogP) is 2.63. The topological polar surface area (TPSA) is 139 Å². The number of hydrogen-bond donors (Lipinski definition) is 3. The van der Waals surface area contributed by atoms with Crippen LogP contribution < -0.4 is 21.9 Å². The number of aromatic nitrogens is 4. The van der Waals surface area contributed by atoms with Crippen molar-refractivity contribution in [2.75, 3.05) is 17.2 Å². The lowest BCUT2D eigenvalue weighted by atomic mass is 10.1. The van der Waals surface area contributed by atoms with E-state index in [9.17, 15) is 0 Å². The highest BCUT2D eigenvalue weighted by atomic mass is 16.5. The van der Waals surface area contributed by atoms with Crippen molar-refractivity contribution in [2.24, 2.45) is 0 Å². The van der Waals surface area contributed by atoms with Crippen LogP contribution in [0.25, 0.3) is 22.4 Å². The molecule has 26 heavy (non-hydrogen) atoms. The molecule has 6 N–H and O–H groups in total. The quantitative estimate of drug-likeness (QED) is 0.515. The zero-order chi connectivity index (χ0) is 18.1. The van der Waals surface area contributed by atoms with Gasteiger partial charge in [-0.1, -0.05) is 18.2 Å². The van der Waals surface area contributed by atoms with Crippen molar-refractivity contribution in [3.05, 3.63) is 54.6 Å². The van der Waals surface area contributed by atoms with Gasteiger partial charge in [-0.05, 0) is 36.4 Å². The lowest BCUT2D eigenvalue weighted by Crippen LogP contribution is -2.06. The first-order chi connectivity index (χ1) is 12.6. The van der Waals surface area contributed by atoms with Crippen molar-refractivity contribution < 1.29 is 4.74 Å². The lowest BCUT2D eigenvalue weighted by Gasteiger charge is -2.09. The van der Waals surface area contributed by atoms with Crippen molar-refractivity contribution >= 4 is 28.7 Å². The minimum Gasteiger partial charge on any atom is -0.457 e. The van der Waals surface area contributed by atoms with Crippen LogP contribution in [-0.2, 0) is 0 Å². The van der Waals surface area contributed by atoms with E-state index in [-0.39, 0.29) is 23.2 Å². The molecule has 4 aromatic rings. The smallest absolute Gasteiger partial charge is 0.224 e. The highest BCUT2D eigenvalue weighted by Crippen LogP contribution is 2.29. The van der Waals surface area contributed by atoms with Gasteiger partial charge in [0.1, 0.15) is 17.2 Å². The van der Waals surface area contributed by atoms with Crippen LogP contribution >= 0.6 is 0 Å². The Bertz CT molecular complexity index is 1080. The van der Waals surface area contributed by atoms with Gasteiger partial charge in [0, 0.05) is 5.56 Å². The van der Waals surface area contributed by atoms with Crippen LogP contribution in [0.3, 0.4) is 0 Å². The van der Waals surface area contributed by atoms with Gasteiger partial charge in [-0.15, -0.1) is 0 Å². The third kappa shape index (κ3) is 2.91. The maximum Gasteiger partial charge on any atom is 0.224 e. The Balaban J connectivity index is 1.70. The fourth-order valence-electron chi connectivity index (χ4n) is 2.52. The summed E-state index contributed by atoms with van der Waals surface area (Å²) in [6.07, 6.45) is 0. The second-order valence-corrected chi connectivity index (χ2v) is 5.54. The molecular formula is C18H15N7O. The summed E-state index contributed by atoms with van der Waals surface area (Å²) in [5.41, 5.74) is 19.4. The molecular weight excluding hydrogens is 330 g/mol. The van der Waals surface area contributed by atoms with Crippen molar-refractivity contribution in [3.8, 4) is 22.8 Å². The summed E-state index contributed by atoms with van der Waals surface area (Å²) in [6, 6.07) is 16.9. The molecule has 128 valence electrons. The van der Waals surface area contributed by atoms with Gasteiger partial charge in [0.2, 0.25) is 5.95 Å². The molecule has 0 radical (unpaired) electrons. The van der Waals surface area contributed by atoms with E-state index < -0.39 is 0 Å². The van der Waals surface area contributed by atoms with Gasteiger partial charge in [0.15, 0.2) is 22.8 Å². The molecule has 8 nitrogen and oxygen atoms in total. The Morgan fingerprint density at radius 1 is 0.654 bits per heavy atom. The van der Waals surface area contributed by atoms with Crippen molar-refractivity contribution in [1.82, 2.24) is 19.9 Å². The minimum atomic E-state index is 0.0267. The van der Waals surface area contributed by atoms with E-state index >= 15 is 0 Å². The maximum absolute atomic E-state index is 6.03. The second-order valence-electron chi connectivity index (χ2n) is 5.54. The van der Waals surface area contributed by atoms with Crippen molar-refractivity contribution in [2.45, 2.75) is 0 Å². The Morgan fingerprint density at radius 2 is 1.35 bits per heavy atom. The standard InChI is InChI=1S/C18H15N7O/c19-15-13(22-14-16(20)24-18(21)25-17(14)23-15)10-6-8-12(9-7-10)26-11-4-2-1-3-5-11/h1-9H,(H6,19,20,21,23,24,25). The number of anilines is 3. The number of rotatable bonds is 3. The number of para-hydroxylation sites is 1. The zero-order valence-electron chi connectivity index (χ0n) is 13.6. The Morgan fingerprint density at radius 3 is 2.08 bits per heavy atom. The van der Waals surface area contributed by atoms with E-state index in [4.69, 9.17) is 21.9 Å². The molecule has 2 aromatic carbocycles. The second kappa shape index (κ2) is 6.17. The summed E-state index contributed by atoms with van der Waals surface area (Å²) in [6.45, 7) is 0. The van der Waals surface area contributed by atoms with Crippen LogP contribution in [0.15, 0.2) is 54.6 Å². The highest BCUT2D eigenvalue weighted by Gasteiger charge is 2.13. The van der Waals surface area contributed by atoms with Crippen LogP contribution in [0.4, 0.5) is 17.6 Å². The largest absolute Gasteiger partial charge is 0.457 e. The summed E-state index contributed by atoms with van der Waals surface area (Å²) in [4.78, 5) is 16.6. The van der Waals surface area contributed by atoms with E-state index in [0.717, 1.165) is 11.3 Å². The van der Waals surface area contributed by atoms with Crippen LogP contribution in [0, 0.1) is 0 Å². The van der Waals surface area contributed by atoms with Gasteiger partial charge < -0.3 is 21.9 Å². The number of nitrogens with zero attached hydrogens (tertiary/aromatic N) is 4. The Labute approximate surface area is 148 Å². The third-order valence-corrected chi connectivity index (χ3v) is 3.71. The predicted molar refractivity (Wildman–Crippen MR) is 100 cm³/mol. The first-order valence-corrected chi connectivity index (χ1v) is 7.80. The molecule has 0 aliphatic heterocycles. The van der Waals surface area contributed by atoms with Crippen molar-refractivity contribution in [3.63, 3.8) is 0 Å². The van der Waals surface area contributed by atoms with E-state index in [2.05, 4.69) is 19.9 Å². The van der Waals surface area contributed by atoms with Crippen LogP contribution in [0.2, 0.25) is 0 Å². The lowest BCUT2D eigenvalue weighted by molar-refractivity contribution is 0.483. The van der Waals surface area contributed by atoms with Crippen LogP contribution in [0.5, 0.6) is 11.5 Å². The first kappa shape index (κ1) is 15.6. The normalized spacial score (nSPS) is 10.8. The molecule has 0 aliphatic rings.